The third-order valence-corrected chi connectivity index (χ3v) is 5.90. The molecule has 1 amide bonds. The van der Waals surface area contributed by atoms with Crippen LogP contribution in [0.25, 0.3) is 0 Å². The summed E-state index contributed by atoms with van der Waals surface area (Å²) in [6.07, 6.45) is 2.92. The molecule has 3 heterocycles. The monoisotopic (exact) mass is 471 g/mol. The maximum atomic E-state index is 11.6. The van der Waals surface area contributed by atoms with E-state index in [-0.39, 0.29) is 6.02 Å². The van der Waals surface area contributed by atoms with Gasteiger partial charge in [-0.05, 0) is 24.1 Å². The highest BCUT2D eigenvalue weighted by molar-refractivity contribution is 5.92. The topological polar surface area (TPSA) is 130 Å². The maximum Gasteiger partial charge on any atom is 0.320 e. The second-order valence-corrected chi connectivity index (χ2v) is 8.40. The lowest BCUT2D eigenvalue weighted by Crippen LogP contribution is -2.46. The number of carbonyl (C=O) groups excluding carboxylic acids is 1. The molecule has 1 atom stereocenters. The molecule has 2 aliphatic heterocycles. The Balaban J connectivity index is 1.53. The Morgan fingerprint density at radius 3 is 2.94 bits per heavy atom. The average Bonchev–Trinajstić information content (AvgIpc) is 3.24. The van der Waals surface area contributed by atoms with Crippen LogP contribution in [0.4, 0.5) is 5.82 Å². The number of aliphatic imine (C=N–C) groups is 1. The Hall–Kier alpha value is -2.99. The van der Waals surface area contributed by atoms with Gasteiger partial charge in [0.15, 0.2) is 12.0 Å². The Morgan fingerprint density at radius 2 is 2.18 bits per heavy atom. The number of benzene rings is 1. The number of aromatic nitrogens is 2. The lowest BCUT2D eigenvalue weighted by Gasteiger charge is -2.32. The molecule has 1 saturated heterocycles. The van der Waals surface area contributed by atoms with E-state index >= 15 is 0 Å². The molecule has 2 aromatic rings. The second-order valence-electron chi connectivity index (χ2n) is 8.40. The van der Waals surface area contributed by atoms with Crippen molar-refractivity contribution in [2.24, 2.45) is 10.7 Å². The second kappa shape index (κ2) is 11.4. The van der Waals surface area contributed by atoms with Gasteiger partial charge in [-0.2, -0.15) is 10.1 Å². The summed E-state index contributed by atoms with van der Waals surface area (Å²) >= 11 is 0. The first-order valence-electron chi connectivity index (χ1n) is 11.7. The number of nitrogens with one attached hydrogen (secondary N) is 1. The molecule has 4 rings (SSSR count). The summed E-state index contributed by atoms with van der Waals surface area (Å²) in [5, 5.41) is 15.3. The lowest BCUT2D eigenvalue weighted by molar-refractivity contribution is -0.0924. The maximum absolute atomic E-state index is 11.6. The normalized spacial score (nSPS) is 18.5. The Kier molecular flexibility index (Phi) is 8.12. The summed E-state index contributed by atoms with van der Waals surface area (Å²) in [6, 6.07) is 7.30. The van der Waals surface area contributed by atoms with Crippen molar-refractivity contribution in [2.45, 2.75) is 32.5 Å². The number of imidazole rings is 1. The van der Waals surface area contributed by atoms with Crippen molar-refractivity contribution >= 4 is 17.7 Å². The van der Waals surface area contributed by atoms with Crippen LogP contribution >= 0.6 is 0 Å². The zero-order chi connectivity index (χ0) is 23.9. The van der Waals surface area contributed by atoms with E-state index < -0.39 is 12.1 Å². The third kappa shape index (κ3) is 5.73. The molecule has 0 bridgehead atoms. The number of unbranched alkanes of at least 4 members (excludes halogenated alkanes) is 1. The van der Waals surface area contributed by atoms with Crippen LogP contribution in [0, 0.1) is 0 Å². The molecule has 11 nitrogen and oxygen atoms in total. The summed E-state index contributed by atoms with van der Waals surface area (Å²) in [4.78, 5) is 23.0. The molecule has 0 saturated carbocycles. The van der Waals surface area contributed by atoms with Crippen LogP contribution in [0.2, 0.25) is 0 Å². The smallest absolute Gasteiger partial charge is 0.320 e. The molecule has 0 radical (unpaired) electrons. The number of hydrogen-bond acceptors (Lipinski definition) is 9. The van der Waals surface area contributed by atoms with Crippen molar-refractivity contribution < 1.29 is 19.5 Å². The number of carbonyl (C=O) groups is 1. The van der Waals surface area contributed by atoms with Crippen molar-refractivity contribution in [1.29, 1.82) is 0 Å². The highest BCUT2D eigenvalue weighted by Gasteiger charge is 2.34. The van der Waals surface area contributed by atoms with Crippen LogP contribution in [0.3, 0.4) is 0 Å². The van der Waals surface area contributed by atoms with E-state index in [1.807, 2.05) is 10.6 Å². The summed E-state index contributed by atoms with van der Waals surface area (Å²) in [7, 11) is 0. The van der Waals surface area contributed by atoms with Crippen LogP contribution in [0.15, 0.2) is 35.6 Å². The number of amides is 1. The molecule has 1 unspecified atom stereocenters. The van der Waals surface area contributed by atoms with Gasteiger partial charge >= 0.3 is 6.02 Å². The zero-order valence-electron chi connectivity index (χ0n) is 19.5. The zero-order valence-corrected chi connectivity index (χ0v) is 19.5. The van der Waals surface area contributed by atoms with E-state index in [1.54, 1.807) is 24.5 Å². The fraction of sp³-hybridized carbons (Fsp3) is 0.522. The molecule has 11 heteroatoms. The van der Waals surface area contributed by atoms with Gasteiger partial charge in [0.05, 0.1) is 32.7 Å². The fourth-order valence-corrected chi connectivity index (χ4v) is 3.98. The van der Waals surface area contributed by atoms with Gasteiger partial charge in [0.2, 0.25) is 5.91 Å². The van der Waals surface area contributed by atoms with Gasteiger partial charge in [-0.1, -0.05) is 25.5 Å². The van der Waals surface area contributed by atoms with Gasteiger partial charge in [0.1, 0.15) is 5.69 Å². The fourth-order valence-electron chi connectivity index (χ4n) is 3.98. The molecule has 184 valence electrons. The third-order valence-electron chi connectivity index (χ3n) is 5.90. The molecule has 1 aromatic carbocycles. The van der Waals surface area contributed by atoms with Gasteiger partial charge in [0, 0.05) is 31.7 Å². The molecular formula is C23H33N7O4. The first-order valence-corrected chi connectivity index (χ1v) is 11.7. The SMILES string of the molecule is CCCCOC1=Nc2c(ncn2Cc2cccc(C(N)=O)c2)C(NCCN2CCOCC2)N1O. The minimum absolute atomic E-state index is 0.137. The molecular weight excluding hydrogens is 438 g/mol. The predicted molar refractivity (Wildman–Crippen MR) is 126 cm³/mol. The molecule has 1 fully saturated rings. The molecule has 4 N–H and O–H groups in total. The van der Waals surface area contributed by atoms with Crippen molar-refractivity contribution in [3.63, 3.8) is 0 Å². The van der Waals surface area contributed by atoms with E-state index in [0.717, 1.165) is 56.3 Å². The van der Waals surface area contributed by atoms with Gasteiger partial charge in [-0.3, -0.25) is 20.2 Å². The standard InChI is InChI=1S/C23H33N7O4/c1-2-3-11-34-23-27-22-19(21(30(23)32)25-7-8-28-9-12-33-13-10-28)26-16-29(22)15-17-5-4-6-18(14-17)20(24)31/h4-6,14,16,21,25,32H,2-3,7-13,15H2,1H3,(H2,24,31). The predicted octanol–water partition coefficient (Wildman–Crippen LogP) is 1.46. The molecule has 0 aliphatic carbocycles. The van der Waals surface area contributed by atoms with E-state index in [0.29, 0.717) is 36.8 Å². The summed E-state index contributed by atoms with van der Waals surface area (Å²) in [5.41, 5.74) is 7.38. The largest absolute Gasteiger partial charge is 0.463 e. The number of ether oxygens (including phenoxy) is 2. The van der Waals surface area contributed by atoms with Crippen LogP contribution in [-0.4, -0.2) is 82.6 Å². The van der Waals surface area contributed by atoms with E-state index in [4.69, 9.17) is 15.2 Å². The van der Waals surface area contributed by atoms with Gasteiger partial charge in [-0.25, -0.2) is 4.98 Å². The summed E-state index contributed by atoms with van der Waals surface area (Å²) in [6.45, 7) is 7.72. The number of morpholine rings is 1. The highest BCUT2D eigenvalue weighted by Crippen LogP contribution is 2.32. The average molecular weight is 472 g/mol. The quantitative estimate of drug-likeness (QED) is 0.444. The van der Waals surface area contributed by atoms with Crippen molar-refractivity contribution in [2.75, 3.05) is 46.0 Å². The van der Waals surface area contributed by atoms with Gasteiger partial charge < -0.3 is 19.8 Å². The number of nitrogens with zero attached hydrogens (tertiary/aromatic N) is 5. The molecule has 34 heavy (non-hydrogen) atoms. The van der Waals surface area contributed by atoms with Crippen LogP contribution in [-0.2, 0) is 16.0 Å². The van der Waals surface area contributed by atoms with Crippen molar-refractivity contribution in [3.05, 3.63) is 47.4 Å². The van der Waals surface area contributed by atoms with Gasteiger partial charge in [-0.15, -0.1) is 0 Å². The number of primary amides is 1. The minimum atomic E-state index is -0.594. The minimum Gasteiger partial charge on any atom is -0.463 e. The van der Waals surface area contributed by atoms with E-state index in [1.165, 1.54) is 0 Å². The molecule has 2 aliphatic rings. The highest BCUT2D eigenvalue weighted by atomic mass is 16.6. The Morgan fingerprint density at radius 1 is 1.35 bits per heavy atom. The Labute approximate surface area is 199 Å². The lowest BCUT2D eigenvalue weighted by atomic mass is 10.1. The van der Waals surface area contributed by atoms with Gasteiger partial charge in [0.25, 0.3) is 0 Å². The summed E-state index contributed by atoms with van der Waals surface area (Å²) < 4.78 is 13.1. The summed E-state index contributed by atoms with van der Waals surface area (Å²) in [5.74, 6) is 0.129. The molecule has 1 aromatic heterocycles. The number of hydrogen-bond donors (Lipinski definition) is 3. The molecule has 0 spiro atoms. The first-order chi connectivity index (χ1) is 16.6. The number of nitrogens with two attached hydrogens (primary N) is 1. The number of rotatable bonds is 10. The van der Waals surface area contributed by atoms with Crippen LogP contribution < -0.4 is 11.1 Å². The van der Waals surface area contributed by atoms with E-state index in [9.17, 15) is 10.0 Å². The van der Waals surface area contributed by atoms with Crippen LogP contribution in [0.5, 0.6) is 0 Å². The van der Waals surface area contributed by atoms with Crippen molar-refractivity contribution in [1.82, 2.24) is 24.8 Å². The number of amidine groups is 1. The van der Waals surface area contributed by atoms with E-state index in [2.05, 4.69) is 27.1 Å². The number of hydroxylamine groups is 2. The Bertz CT molecular complexity index is 1000. The van der Waals surface area contributed by atoms with Crippen LogP contribution in [0.1, 0.15) is 47.5 Å². The number of fused-ring (bicyclic) bond motifs is 1. The first kappa shape index (κ1) is 24.1. The van der Waals surface area contributed by atoms with Crippen molar-refractivity contribution in [3.8, 4) is 0 Å².